The second-order valence-electron chi connectivity index (χ2n) is 2.54. The number of hydrogen-bond acceptors (Lipinski definition) is 3. The molecular weight excluding hydrogens is 191 g/mol. The van der Waals surface area contributed by atoms with Gasteiger partial charge < -0.3 is 5.11 Å². The third-order valence-electron chi connectivity index (χ3n) is 1.29. The Labute approximate surface area is 95.4 Å². The van der Waals surface area contributed by atoms with Gasteiger partial charge in [0.1, 0.15) is 5.75 Å². The fraction of sp³-hybridized carbons (Fsp3) is 1.00. The van der Waals surface area contributed by atoms with Crippen LogP contribution in [0.1, 0.15) is 26.2 Å². The van der Waals surface area contributed by atoms with Gasteiger partial charge in [-0.05, 0) is 6.42 Å². The van der Waals surface area contributed by atoms with Crippen LogP contribution in [-0.2, 0) is 10.1 Å². The molecule has 0 rings (SSSR count). The van der Waals surface area contributed by atoms with Crippen molar-refractivity contribution in [2.45, 2.75) is 32.3 Å². The van der Waals surface area contributed by atoms with E-state index in [1.54, 1.807) is 0 Å². The maximum Gasteiger partial charge on any atom is 0.267 e. The van der Waals surface area contributed by atoms with Crippen LogP contribution in [-0.4, -0.2) is 59.5 Å². The van der Waals surface area contributed by atoms with E-state index in [0.29, 0.717) is 6.42 Å². The van der Waals surface area contributed by atoms with Gasteiger partial charge in [-0.15, -0.1) is 0 Å². The number of aliphatic hydroxyl groups is 1. The summed E-state index contributed by atoms with van der Waals surface area (Å²) in [7, 11) is -4.00. The van der Waals surface area contributed by atoms with Gasteiger partial charge in [0.15, 0.2) is 0 Å². The molecule has 0 heterocycles. The van der Waals surface area contributed by atoms with E-state index in [9.17, 15) is 8.42 Å². The molecule has 0 aliphatic heterocycles. The molecule has 0 aromatic rings. The molecule has 1 atom stereocenters. The second kappa shape index (κ2) is 7.29. The van der Waals surface area contributed by atoms with E-state index in [-0.39, 0.29) is 29.6 Å². The fourth-order valence-corrected chi connectivity index (χ4v) is 1.42. The van der Waals surface area contributed by atoms with Gasteiger partial charge in [0.25, 0.3) is 10.1 Å². The Balaban J connectivity index is 0. The largest absolute Gasteiger partial charge is 0.392 e. The SMILES string of the molecule is CCCCC(O)CS(=O)(=O)O.[Na]. The van der Waals surface area contributed by atoms with Crippen LogP contribution in [0.5, 0.6) is 0 Å². The Bertz CT molecular complexity index is 190. The first kappa shape index (κ1) is 15.3. The normalized spacial score (nSPS) is 13.6. The van der Waals surface area contributed by atoms with Crippen molar-refractivity contribution in [2.24, 2.45) is 0 Å². The summed E-state index contributed by atoms with van der Waals surface area (Å²) in [5.41, 5.74) is 0. The van der Waals surface area contributed by atoms with Gasteiger partial charge in [0.2, 0.25) is 0 Å². The molecule has 4 nitrogen and oxygen atoms in total. The summed E-state index contributed by atoms with van der Waals surface area (Å²) < 4.78 is 28.7. The molecule has 0 aliphatic carbocycles. The molecular formula is C6H14NaO4S. The van der Waals surface area contributed by atoms with Gasteiger partial charge in [-0.1, -0.05) is 19.8 Å². The molecule has 2 N–H and O–H groups in total. The third kappa shape index (κ3) is 10.9. The molecule has 0 fully saturated rings. The molecule has 0 aliphatic rings. The first-order valence-electron chi connectivity index (χ1n) is 3.59. The molecule has 0 saturated carbocycles. The summed E-state index contributed by atoms with van der Waals surface area (Å²) in [6.07, 6.45) is 1.18. The average Bonchev–Trinajstić information content (AvgIpc) is 1.79. The molecule has 0 aromatic heterocycles. The Hall–Kier alpha value is 0.870. The van der Waals surface area contributed by atoms with Gasteiger partial charge >= 0.3 is 0 Å². The van der Waals surface area contributed by atoms with Crippen molar-refractivity contribution < 1.29 is 18.1 Å². The zero-order valence-electron chi connectivity index (χ0n) is 7.52. The fourth-order valence-electron chi connectivity index (χ4n) is 0.766. The van der Waals surface area contributed by atoms with Crippen LogP contribution in [0, 0.1) is 0 Å². The van der Waals surface area contributed by atoms with Crippen LogP contribution in [0.2, 0.25) is 0 Å². The molecule has 1 unspecified atom stereocenters. The Morgan fingerprint density at radius 2 is 1.92 bits per heavy atom. The predicted molar refractivity (Wildman–Crippen MR) is 47.7 cm³/mol. The van der Waals surface area contributed by atoms with Crippen molar-refractivity contribution in [1.29, 1.82) is 0 Å². The van der Waals surface area contributed by atoms with E-state index in [1.807, 2.05) is 6.92 Å². The monoisotopic (exact) mass is 205 g/mol. The standard InChI is InChI=1S/C6H14O4S.Na/c1-2-3-4-6(7)5-11(8,9)10;/h6-7H,2-5H2,1H3,(H,8,9,10);. The molecule has 0 amide bonds. The zero-order chi connectivity index (χ0) is 8.91. The maximum atomic E-state index is 10.2. The number of aliphatic hydroxyl groups excluding tert-OH is 1. The van der Waals surface area contributed by atoms with Crippen molar-refractivity contribution >= 4 is 39.7 Å². The predicted octanol–water partition coefficient (Wildman–Crippen LogP) is 0.0445. The van der Waals surface area contributed by atoms with Crippen LogP contribution in [0.3, 0.4) is 0 Å². The summed E-state index contributed by atoms with van der Waals surface area (Å²) >= 11 is 0. The summed E-state index contributed by atoms with van der Waals surface area (Å²) in [4.78, 5) is 0. The van der Waals surface area contributed by atoms with Crippen molar-refractivity contribution in [3.8, 4) is 0 Å². The van der Waals surface area contributed by atoms with E-state index in [1.165, 1.54) is 0 Å². The van der Waals surface area contributed by atoms with Crippen molar-refractivity contribution in [1.82, 2.24) is 0 Å². The topological polar surface area (TPSA) is 74.6 Å². The minimum atomic E-state index is -4.00. The molecule has 0 saturated heterocycles. The van der Waals surface area contributed by atoms with Gasteiger partial charge in [-0.25, -0.2) is 0 Å². The molecule has 12 heavy (non-hydrogen) atoms. The summed E-state index contributed by atoms with van der Waals surface area (Å²) in [5.74, 6) is -0.549. The van der Waals surface area contributed by atoms with E-state index < -0.39 is 22.0 Å². The first-order chi connectivity index (χ1) is 4.95. The molecule has 6 heteroatoms. The maximum absolute atomic E-state index is 10.2. The summed E-state index contributed by atoms with van der Waals surface area (Å²) in [6.45, 7) is 1.94. The van der Waals surface area contributed by atoms with Crippen LogP contribution < -0.4 is 0 Å². The van der Waals surface area contributed by atoms with E-state index in [0.717, 1.165) is 12.8 Å². The Morgan fingerprint density at radius 1 is 1.42 bits per heavy atom. The minimum absolute atomic E-state index is 0. The summed E-state index contributed by atoms with van der Waals surface area (Å²) in [6, 6.07) is 0. The van der Waals surface area contributed by atoms with Crippen LogP contribution in [0.4, 0.5) is 0 Å². The van der Waals surface area contributed by atoms with Gasteiger partial charge in [0.05, 0.1) is 6.10 Å². The molecule has 0 aromatic carbocycles. The van der Waals surface area contributed by atoms with Gasteiger partial charge in [0, 0.05) is 29.6 Å². The third-order valence-corrected chi connectivity index (χ3v) is 2.10. The van der Waals surface area contributed by atoms with Gasteiger partial charge in [-0.3, -0.25) is 4.55 Å². The molecule has 1 radical (unpaired) electrons. The van der Waals surface area contributed by atoms with Crippen LogP contribution >= 0.6 is 0 Å². The summed E-state index contributed by atoms with van der Waals surface area (Å²) in [5, 5.41) is 8.98. The zero-order valence-corrected chi connectivity index (χ0v) is 10.3. The molecule has 0 spiro atoms. The van der Waals surface area contributed by atoms with Crippen molar-refractivity contribution in [2.75, 3.05) is 5.75 Å². The number of unbranched alkanes of at least 4 members (excludes halogenated alkanes) is 1. The van der Waals surface area contributed by atoms with E-state index in [4.69, 9.17) is 9.66 Å². The number of hydrogen-bond donors (Lipinski definition) is 2. The molecule has 0 bridgehead atoms. The van der Waals surface area contributed by atoms with Crippen molar-refractivity contribution in [3.05, 3.63) is 0 Å². The molecule has 69 valence electrons. The smallest absolute Gasteiger partial charge is 0.267 e. The van der Waals surface area contributed by atoms with Crippen LogP contribution in [0.15, 0.2) is 0 Å². The average molecular weight is 205 g/mol. The first-order valence-corrected chi connectivity index (χ1v) is 5.20. The van der Waals surface area contributed by atoms with E-state index >= 15 is 0 Å². The van der Waals surface area contributed by atoms with Gasteiger partial charge in [-0.2, -0.15) is 8.42 Å². The van der Waals surface area contributed by atoms with E-state index in [2.05, 4.69) is 0 Å². The Morgan fingerprint density at radius 3 is 2.25 bits per heavy atom. The Kier molecular flexibility index (Phi) is 9.32. The second-order valence-corrected chi connectivity index (χ2v) is 4.04. The minimum Gasteiger partial charge on any atom is -0.392 e. The van der Waals surface area contributed by atoms with Crippen molar-refractivity contribution in [3.63, 3.8) is 0 Å². The number of rotatable bonds is 5. The van der Waals surface area contributed by atoms with Crippen LogP contribution in [0.25, 0.3) is 0 Å². The quantitative estimate of drug-likeness (QED) is 0.491.